The smallest absolute Gasteiger partial charge is 0.274 e. The monoisotopic (exact) mass is 528 g/mol. The topological polar surface area (TPSA) is 110 Å². The lowest BCUT2D eigenvalue weighted by Gasteiger charge is -2.32. The molecule has 0 bridgehead atoms. The van der Waals surface area contributed by atoms with Crippen molar-refractivity contribution in [3.8, 4) is 0 Å². The third-order valence-corrected chi connectivity index (χ3v) is 6.68. The van der Waals surface area contributed by atoms with Gasteiger partial charge in [0.2, 0.25) is 12.1 Å². The molecule has 38 heavy (non-hydrogen) atoms. The first-order chi connectivity index (χ1) is 18.5. The predicted octanol–water partition coefficient (Wildman–Crippen LogP) is 2.05. The molecule has 3 N–H and O–H groups in total. The number of hydrogen-bond acceptors (Lipinski definition) is 9. The molecule has 2 atom stereocenters. The summed E-state index contributed by atoms with van der Waals surface area (Å²) in [5.41, 5.74) is 12.9. The minimum absolute atomic E-state index is 0.109. The van der Waals surface area contributed by atoms with Gasteiger partial charge in [0, 0.05) is 23.9 Å². The van der Waals surface area contributed by atoms with Crippen LogP contribution < -0.4 is 21.3 Å². The summed E-state index contributed by atoms with van der Waals surface area (Å²) >= 11 is 4.17. The standard InChI is InChI=1S/C27H28N8O2S/c1-32(26(36)22(28)16-38)25-27(37)34(18-33-17-29-35(31-33)20-12-6-3-7-13-20)23-15-9-8-14-21(23)24(30-25)19-10-4-2-5-11-19/h2-15,17,22,25,31,38H,16,18,28H2,1H3. The van der Waals surface area contributed by atoms with E-state index >= 15 is 0 Å². The average Bonchev–Trinajstić information content (AvgIpc) is 3.40. The summed E-state index contributed by atoms with van der Waals surface area (Å²) < 4.78 is 0. The third kappa shape index (κ3) is 4.99. The van der Waals surface area contributed by atoms with Gasteiger partial charge in [0.25, 0.3) is 5.91 Å². The van der Waals surface area contributed by atoms with Crippen LogP contribution in [0.5, 0.6) is 0 Å². The Hall–Kier alpha value is -4.19. The maximum Gasteiger partial charge on any atom is 0.274 e. The Balaban J connectivity index is 1.53. The number of carbonyl (C=O) groups excluding carboxylic acids is 2. The number of rotatable bonds is 7. The molecular weight excluding hydrogens is 500 g/mol. The van der Waals surface area contributed by atoms with Crippen LogP contribution in [0.2, 0.25) is 0 Å². The van der Waals surface area contributed by atoms with E-state index in [4.69, 9.17) is 10.7 Å². The van der Waals surface area contributed by atoms with E-state index in [1.54, 1.807) is 28.4 Å². The molecule has 10 nitrogen and oxygen atoms in total. The number of nitrogens with two attached hydrogens (primary N) is 1. The highest BCUT2D eigenvalue weighted by molar-refractivity contribution is 7.80. The van der Waals surface area contributed by atoms with Crippen LogP contribution >= 0.6 is 12.6 Å². The van der Waals surface area contributed by atoms with Crippen LogP contribution in [0.25, 0.3) is 0 Å². The molecule has 3 aromatic carbocycles. The number of amides is 2. The lowest BCUT2D eigenvalue weighted by atomic mass is 10.0. The molecule has 0 spiro atoms. The summed E-state index contributed by atoms with van der Waals surface area (Å²) in [6.07, 6.45) is 0.466. The molecule has 3 aromatic rings. The zero-order valence-corrected chi connectivity index (χ0v) is 21.6. The van der Waals surface area contributed by atoms with Gasteiger partial charge in [0.1, 0.15) is 13.0 Å². The molecule has 11 heteroatoms. The van der Waals surface area contributed by atoms with E-state index in [2.05, 4.69) is 23.3 Å². The lowest BCUT2D eigenvalue weighted by molar-refractivity contribution is -0.138. The quantitative estimate of drug-likeness (QED) is 0.405. The van der Waals surface area contributed by atoms with Crippen molar-refractivity contribution in [2.24, 2.45) is 15.8 Å². The molecule has 2 amide bonds. The minimum Gasteiger partial charge on any atom is -0.319 e. The number of hydrazine groups is 2. The third-order valence-electron chi connectivity index (χ3n) is 6.29. The molecule has 2 aliphatic rings. The molecule has 0 aromatic heterocycles. The number of benzene rings is 3. The number of carbonyl (C=O) groups is 2. The zero-order valence-electron chi connectivity index (χ0n) is 20.8. The average molecular weight is 529 g/mol. The van der Waals surface area contributed by atoms with Crippen LogP contribution in [0.3, 0.4) is 0 Å². The van der Waals surface area contributed by atoms with Gasteiger partial charge in [-0.2, -0.15) is 17.7 Å². The van der Waals surface area contributed by atoms with Gasteiger partial charge in [-0.1, -0.05) is 66.7 Å². The molecule has 0 radical (unpaired) electrons. The first kappa shape index (κ1) is 25.5. The SMILES string of the molecule is CN(C(=O)C(N)CS)C1N=C(c2ccccc2)c2ccccc2N(CN2C=NN(c3ccccc3)N2)C1=O. The lowest BCUT2D eigenvalue weighted by Crippen LogP contribution is -2.55. The highest BCUT2D eigenvalue weighted by Gasteiger charge is 2.38. The molecule has 2 aliphatic heterocycles. The van der Waals surface area contributed by atoms with Crippen LogP contribution in [0.15, 0.2) is 95.0 Å². The van der Waals surface area contributed by atoms with Crippen molar-refractivity contribution in [3.63, 3.8) is 0 Å². The number of anilines is 2. The summed E-state index contributed by atoms with van der Waals surface area (Å²) in [5.74, 6) is -0.650. The molecule has 0 saturated heterocycles. The number of benzodiazepines with no additional fused rings is 1. The fourth-order valence-electron chi connectivity index (χ4n) is 4.30. The summed E-state index contributed by atoms with van der Waals surface area (Å²) in [5, 5.41) is 7.70. The Morgan fingerprint density at radius 1 is 1.05 bits per heavy atom. The Bertz CT molecular complexity index is 1370. The van der Waals surface area contributed by atoms with Crippen LogP contribution in [0, 0.1) is 0 Å². The number of likely N-dealkylation sites (N-methyl/N-ethyl adjacent to an activating group) is 1. The number of para-hydroxylation sites is 2. The van der Waals surface area contributed by atoms with E-state index in [-0.39, 0.29) is 18.3 Å². The second-order valence-corrected chi connectivity index (χ2v) is 9.19. The van der Waals surface area contributed by atoms with Gasteiger partial charge < -0.3 is 10.6 Å². The molecular formula is C27H28N8O2S. The Kier molecular flexibility index (Phi) is 7.40. The first-order valence-corrected chi connectivity index (χ1v) is 12.7. The predicted molar refractivity (Wildman–Crippen MR) is 152 cm³/mol. The number of fused-ring (bicyclic) bond motifs is 1. The molecule has 194 valence electrons. The van der Waals surface area contributed by atoms with Crippen molar-refractivity contribution in [1.29, 1.82) is 0 Å². The Morgan fingerprint density at radius 2 is 1.71 bits per heavy atom. The normalized spacial score (nSPS) is 17.7. The van der Waals surface area contributed by atoms with Crippen molar-refractivity contribution >= 4 is 47.9 Å². The van der Waals surface area contributed by atoms with Gasteiger partial charge >= 0.3 is 0 Å². The van der Waals surface area contributed by atoms with Crippen LogP contribution in [0.4, 0.5) is 11.4 Å². The Morgan fingerprint density at radius 3 is 2.42 bits per heavy atom. The molecule has 2 heterocycles. The number of aliphatic imine (C=N–C) groups is 1. The molecule has 5 rings (SSSR count). The second-order valence-electron chi connectivity index (χ2n) is 8.83. The van der Waals surface area contributed by atoms with Crippen molar-refractivity contribution < 1.29 is 9.59 Å². The molecule has 2 unspecified atom stereocenters. The van der Waals surface area contributed by atoms with Crippen LogP contribution in [-0.2, 0) is 9.59 Å². The van der Waals surface area contributed by atoms with Gasteiger partial charge in [-0.25, -0.2) is 4.99 Å². The molecule has 0 aliphatic carbocycles. The highest BCUT2D eigenvalue weighted by Crippen LogP contribution is 2.30. The summed E-state index contributed by atoms with van der Waals surface area (Å²) in [7, 11) is 1.54. The van der Waals surface area contributed by atoms with Crippen molar-refractivity contribution in [2.75, 3.05) is 29.5 Å². The largest absolute Gasteiger partial charge is 0.319 e. The number of nitrogens with one attached hydrogen (secondary N) is 1. The van der Waals surface area contributed by atoms with Gasteiger partial charge in [-0.15, -0.1) is 10.6 Å². The van der Waals surface area contributed by atoms with Crippen molar-refractivity contribution in [3.05, 3.63) is 96.1 Å². The van der Waals surface area contributed by atoms with E-state index in [1.807, 2.05) is 84.9 Å². The Labute approximate surface area is 226 Å². The van der Waals surface area contributed by atoms with E-state index in [1.165, 1.54) is 4.90 Å². The second kappa shape index (κ2) is 11.1. The fraction of sp³-hybridized carbons (Fsp3) is 0.185. The number of nitrogens with zero attached hydrogens (tertiary/aromatic N) is 6. The van der Waals surface area contributed by atoms with Gasteiger partial charge in [-0.05, 0) is 18.2 Å². The summed E-state index contributed by atoms with van der Waals surface area (Å²) in [6.45, 7) is 0.109. The number of hydrogen-bond donors (Lipinski definition) is 3. The van der Waals surface area contributed by atoms with E-state index in [0.29, 0.717) is 11.4 Å². The zero-order chi connectivity index (χ0) is 26.6. The van der Waals surface area contributed by atoms with Gasteiger partial charge in [0.05, 0.1) is 23.1 Å². The van der Waals surface area contributed by atoms with E-state index in [0.717, 1.165) is 16.8 Å². The number of thiol groups is 1. The molecule has 0 saturated carbocycles. The molecule has 0 fully saturated rings. The van der Waals surface area contributed by atoms with Crippen molar-refractivity contribution in [2.45, 2.75) is 12.2 Å². The van der Waals surface area contributed by atoms with E-state index in [9.17, 15) is 9.59 Å². The van der Waals surface area contributed by atoms with Crippen molar-refractivity contribution in [1.82, 2.24) is 15.4 Å². The van der Waals surface area contributed by atoms with E-state index < -0.39 is 18.1 Å². The van der Waals surface area contributed by atoms with Gasteiger partial charge in [-0.3, -0.25) is 19.5 Å². The fourth-order valence-corrected chi connectivity index (χ4v) is 4.46. The maximum absolute atomic E-state index is 14.1. The first-order valence-electron chi connectivity index (χ1n) is 12.1. The van der Waals surface area contributed by atoms with Crippen LogP contribution in [0.1, 0.15) is 11.1 Å². The highest BCUT2D eigenvalue weighted by atomic mass is 32.1. The summed E-state index contributed by atoms with van der Waals surface area (Å²) in [4.78, 5) is 35.0. The van der Waals surface area contributed by atoms with Gasteiger partial charge in [0.15, 0.2) is 0 Å². The van der Waals surface area contributed by atoms with Crippen LogP contribution in [-0.4, -0.2) is 65.5 Å². The number of hydrazone groups is 1. The maximum atomic E-state index is 14.1. The minimum atomic E-state index is -1.14. The summed E-state index contributed by atoms with van der Waals surface area (Å²) in [6, 6.07) is 25.9.